The summed E-state index contributed by atoms with van der Waals surface area (Å²) in [6.45, 7) is 6.65. The van der Waals surface area contributed by atoms with Crippen molar-refractivity contribution in [1.82, 2.24) is 9.62 Å². The zero-order valence-corrected chi connectivity index (χ0v) is 17.7. The number of hydrogen-bond donors (Lipinski definition) is 1. The number of amides is 1. The summed E-state index contributed by atoms with van der Waals surface area (Å²) in [6.07, 6.45) is 2.64. The topological polar surface area (TPSA) is 92.8 Å². The van der Waals surface area contributed by atoms with Crippen LogP contribution in [0.15, 0.2) is 23.1 Å². The van der Waals surface area contributed by atoms with Crippen molar-refractivity contribution in [3.05, 3.63) is 29.3 Å². The van der Waals surface area contributed by atoms with Crippen LogP contribution in [0.1, 0.15) is 43.7 Å². The minimum Gasteiger partial charge on any atom is -0.455 e. The van der Waals surface area contributed by atoms with Crippen LogP contribution in [0.4, 0.5) is 0 Å². The molecule has 1 N–H and O–H groups in total. The second-order valence-corrected chi connectivity index (χ2v) is 9.17. The fourth-order valence-corrected chi connectivity index (χ4v) is 4.62. The van der Waals surface area contributed by atoms with Gasteiger partial charge in [0.1, 0.15) is 0 Å². The lowest BCUT2D eigenvalue weighted by molar-refractivity contribution is -0.153. The van der Waals surface area contributed by atoms with E-state index in [1.165, 1.54) is 4.31 Å². The molecule has 1 aromatic carbocycles. The van der Waals surface area contributed by atoms with Crippen LogP contribution in [0, 0.1) is 19.8 Å². The highest BCUT2D eigenvalue weighted by Gasteiger charge is 2.33. The molecule has 0 spiro atoms. The predicted octanol–water partition coefficient (Wildman–Crippen LogP) is 2.16. The molecule has 1 aromatic rings. The van der Waals surface area contributed by atoms with E-state index in [4.69, 9.17) is 4.74 Å². The van der Waals surface area contributed by atoms with Crippen LogP contribution in [-0.2, 0) is 24.3 Å². The molecule has 0 atom stereocenters. The predicted molar refractivity (Wildman–Crippen MR) is 106 cm³/mol. The molecular weight excluding hydrogens is 380 g/mol. The van der Waals surface area contributed by atoms with Gasteiger partial charge in [0.05, 0.1) is 10.8 Å². The number of piperidine rings is 1. The van der Waals surface area contributed by atoms with E-state index in [1.807, 2.05) is 20.8 Å². The third-order valence-corrected chi connectivity index (χ3v) is 7.00. The standard InChI is InChI=1S/C20H30N2O5S/c1-4-5-10-21-19(23)14-27-20(24)17-8-11-22(12-9-17)28(25,26)18-7-6-15(2)16(3)13-18/h6-7,13,17H,4-5,8-12,14H2,1-3H3,(H,21,23). The number of unbranched alkanes of at least 4 members (excludes halogenated alkanes) is 1. The largest absolute Gasteiger partial charge is 0.455 e. The van der Waals surface area contributed by atoms with E-state index in [2.05, 4.69) is 5.32 Å². The SMILES string of the molecule is CCCCNC(=O)COC(=O)C1CCN(S(=O)(=O)c2ccc(C)c(C)c2)CC1. The van der Waals surface area contributed by atoms with Crippen LogP contribution in [0.5, 0.6) is 0 Å². The molecule has 28 heavy (non-hydrogen) atoms. The highest BCUT2D eigenvalue weighted by molar-refractivity contribution is 7.89. The molecule has 1 aliphatic heterocycles. The zero-order valence-electron chi connectivity index (χ0n) is 16.9. The van der Waals surface area contributed by atoms with Crippen LogP contribution in [0.3, 0.4) is 0 Å². The molecule has 156 valence electrons. The zero-order chi connectivity index (χ0) is 20.7. The third kappa shape index (κ3) is 5.78. The van der Waals surface area contributed by atoms with Crippen molar-refractivity contribution in [2.75, 3.05) is 26.2 Å². The van der Waals surface area contributed by atoms with Gasteiger partial charge in [-0.2, -0.15) is 4.31 Å². The smallest absolute Gasteiger partial charge is 0.309 e. The summed E-state index contributed by atoms with van der Waals surface area (Å²) < 4.78 is 32.2. The van der Waals surface area contributed by atoms with Gasteiger partial charge in [-0.25, -0.2) is 8.42 Å². The molecule has 1 heterocycles. The summed E-state index contributed by atoms with van der Waals surface area (Å²) in [5.74, 6) is -1.12. The first kappa shape index (κ1) is 22.4. The second-order valence-electron chi connectivity index (χ2n) is 7.24. The lowest BCUT2D eigenvalue weighted by Crippen LogP contribution is -2.41. The highest BCUT2D eigenvalue weighted by Crippen LogP contribution is 2.25. The van der Waals surface area contributed by atoms with Crippen LogP contribution < -0.4 is 5.32 Å². The van der Waals surface area contributed by atoms with Gasteiger partial charge >= 0.3 is 5.97 Å². The molecule has 2 rings (SSSR count). The van der Waals surface area contributed by atoms with Crippen molar-refractivity contribution in [2.45, 2.75) is 51.3 Å². The van der Waals surface area contributed by atoms with Crippen molar-refractivity contribution in [3.63, 3.8) is 0 Å². The van der Waals surface area contributed by atoms with Gasteiger partial charge < -0.3 is 10.1 Å². The molecule has 0 unspecified atom stereocenters. The average Bonchev–Trinajstić information content (AvgIpc) is 2.68. The second kappa shape index (κ2) is 10.0. The lowest BCUT2D eigenvalue weighted by atomic mass is 9.98. The molecule has 0 saturated carbocycles. The van der Waals surface area contributed by atoms with Gasteiger partial charge in [-0.3, -0.25) is 9.59 Å². The molecular formula is C20H30N2O5S. The van der Waals surface area contributed by atoms with E-state index >= 15 is 0 Å². The quantitative estimate of drug-likeness (QED) is 0.524. The number of esters is 1. The molecule has 0 aliphatic carbocycles. The average molecular weight is 411 g/mol. The van der Waals surface area contributed by atoms with Crippen LogP contribution >= 0.6 is 0 Å². The van der Waals surface area contributed by atoms with Gasteiger partial charge in [0.15, 0.2) is 6.61 Å². The van der Waals surface area contributed by atoms with E-state index in [1.54, 1.807) is 18.2 Å². The van der Waals surface area contributed by atoms with Crippen molar-refractivity contribution in [1.29, 1.82) is 0 Å². The maximum absolute atomic E-state index is 12.8. The van der Waals surface area contributed by atoms with E-state index in [0.29, 0.717) is 19.4 Å². The van der Waals surface area contributed by atoms with Gasteiger partial charge in [0.25, 0.3) is 5.91 Å². The minimum atomic E-state index is -3.57. The van der Waals surface area contributed by atoms with Crippen LogP contribution in [0.2, 0.25) is 0 Å². The Balaban J connectivity index is 1.85. The number of aryl methyl sites for hydroxylation is 2. The van der Waals surface area contributed by atoms with Crippen molar-refractivity contribution in [2.24, 2.45) is 5.92 Å². The molecule has 7 nitrogen and oxygen atoms in total. The van der Waals surface area contributed by atoms with Crippen molar-refractivity contribution in [3.8, 4) is 0 Å². The first-order chi connectivity index (χ1) is 13.3. The summed E-state index contributed by atoms with van der Waals surface area (Å²) in [4.78, 5) is 24.1. The number of nitrogens with zero attached hydrogens (tertiary/aromatic N) is 1. The fourth-order valence-electron chi connectivity index (χ4n) is 3.07. The number of nitrogens with one attached hydrogen (secondary N) is 1. The summed E-state index contributed by atoms with van der Waals surface area (Å²) in [6, 6.07) is 5.11. The van der Waals surface area contributed by atoms with Crippen molar-refractivity contribution < 1.29 is 22.7 Å². The maximum atomic E-state index is 12.8. The summed E-state index contributed by atoms with van der Waals surface area (Å²) in [7, 11) is -3.57. The molecule has 1 aliphatic rings. The Hall–Kier alpha value is -1.93. The molecule has 1 fully saturated rings. The molecule has 0 bridgehead atoms. The monoisotopic (exact) mass is 410 g/mol. The fraction of sp³-hybridized carbons (Fsp3) is 0.600. The van der Waals surface area contributed by atoms with Gasteiger partial charge in [-0.15, -0.1) is 0 Å². The van der Waals surface area contributed by atoms with E-state index in [0.717, 1.165) is 24.0 Å². The summed E-state index contributed by atoms with van der Waals surface area (Å²) in [5, 5.41) is 2.69. The number of rotatable bonds is 8. The molecule has 1 amide bonds. The Morgan fingerprint density at radius 3 is 2.46 bits per heavy atom. The molecule has 0 radical (unpaired) electrons. The van der Waals surface area contributed by atoms with Gasteiger partial charge in [-0.1, -0.05) is 19.4 Å². The Morgan fingerprint density at radius 2 is 1.86 bits per heavy atom. The number of sulfonamides is 1. The van der Waals surface area contributed by atoms with Crippen LogP contribution in [-0.4, -0.2) is 50.8 Å². The van der Waals surface area contributed by atoms with Crippen LogP contribution in [0.25, 0.3) is 0 Å². The molecule has 8 heteroatoms. The summed E-state index contributed by atoms with van der Waals surface area (Å²) in [5.41, 5.74) is 1.97. The molecule has 1 saturated heterocycles. The van der Waals surface area contributed by atoms with Gasteiger partial charge in [0.2, 0.25) is 10.0 Å². The third-order valence-electron chi connectivity index (χ3n) is 5.10. The van der Waals surface area contributed by atoms with Gasteiger partial charge in [0, 0.05) is 19.6 Å². The van der Waals surface area contributed by atoms with Gasteiger partial charge in [-0.05, 0) is 56.4 Å². The van der Waals surface area contributed by atoms with E-state index in [-0.39, 0.29) is 36.4 Å². The number of carbonyl (C=O) groups excluding carboxylic acids is 2. The van der Waals surface area contributed by atoms with E-state index in [9.17, 15) is 18.0 Å². The van der Waals surface area contributed by atoms with Crippen molar-refractivity contribution >= 4 is 21.9 Å². The van der Waals surface area contributed by atoms with E-state index < -0.39 is 16.0 Å². The number of carbonyl (C=O) groups is 2. The normalized spacial score (nSPS) is 16.0. The Bertz CT molecular complexity index is 799. The lowest BCUT2D eigenvalue weighted by Gasteiger charge is -2.30. The number of benzene rings is 1. The highest BCUT2D eigenvalue weighted by atomic mass is 32.2. The molecule has 0 aromatic heterocycles. The Kier molecular flexibility index (Phi) is 8.00. The Morgan fingerprint density at radius 1 is 1.18 bits per heavy atom. The first-order valence-electron chi connectivity index (χ1n) is 9.76. The number of hydrogen-bond acceptors (Lipinski definition) is 5. The Labute approximate surface area is 167 Å². The summed E-state index contributed by atoms with van der Waals surface area (Å²) >= 11 is 0. The number of ether oxygens (including phenoxy) is 1. The minimum absolute atomic E-state index is 0.262. The first-order valence-corrected chi connectivity index (χ1v) is 11.2. The maximum Gasteiger partial charge on any atom is 0.309 e.